The van der Waals surface area contributed by atoms with E-state index in [0.29, 0.717) is 5.69 Å². The molecule has 0 aliphatic carbocycles. The van der Waals surface area contributed by atoms with Crippen LogP contribution >= 0.6 is 23.2 Å². The Bertz CT molecular complexity index is 1170. The van der Waals surface area contributed by atoms with Crippen LogP contribution in [0.2, 0.25) is 10.0 Å². The maximum absolute atomic E-state index is 12.8. The third kappa shape index (κ3) is 5.61. The van der Waals surface area contributed by atoms with Gasteiger partial charge in [0.05, 0.1) is 27.3 Å². The molecule has 10 heteroatoms. The first-order valence-corrected chi connectivity index (χ1v) is 10.1. The van der Waals surface area contributed by atoms with E-state index in [0.717, 1.165) is 17.7 Å². The molecule has 8 nitrogen and oxygen atoms in total. The molecule has 0 saturated heterocycles. The number of ether oxygens (including phenoxy) is 1. The van der Waals surface area contributed by atoms with E-state index >= 15 is 0 Å². The minimum Gasteiger partial charge on any atom is -0.424 e. The highest BCUT2D eigenvalue weighted by Gasteiger charge is 2.26. The number of nitro benzene ring substituents is 1. The Balaban J connectivity index is 1.89. The van der Waals surface area contributed by atoms with E-state index in [2.05, 4.69) is 5.32 Å². The molecular formula is C22H17Cl2N3O5. The van der Waals surface area contributed by atoms with Crippen molar-refractivity contribution in [3.63, 3.8) is 0 Å². The van der Waals surface area contributed by atoms with Gasteiger partial charge in [-0.3, -0.25) is 14.9 Å². The van der Waals surface area contributed by atoms with Crippen LogP contribution in [0.4, 0.5) is 11.4 Å². The highest BCUT2D eigenvalue weighted by atomic mass is 35.5. The second-order valence-electron chi connectivity index (χ2n) is 6.71. The first kappa shape index (κ1) is 23.2. The Morgan fingerprint density at radius 3 is 2.34 bits per heavy atom. The number of para-hydroxylation sites is 1. The van der Waals surface area contributed by atoms with Gasteiger partial charge in [-0.25, -0.2) is 4.79 Å². The summed E-state index contributed by atoms with van der Waals surface area (Å²) in [5.41, 5.74) is 6.32. The molecule has 164 valence electrons. The summed E-state index contributed by atoms with van der Waals surface area (Å²) in [7, 11) is 0. The van der Waals surface area contributed by atoms with E-state index in [1.165, 1.54) is 0 Å². The molecule has 32 heavy (non-hydrogen) atoms. The number of benzene rings is 3. The average molecular weight is 474 g/mol. The third-order valence-corrected chi connectivity index (χ3v) is 5.06. The number of esters is 1. The molecule has 3 rings (SSSR count). The molecule has 1 unspecified atom stereocenters. The topological polar surface area (TPSA) is 125 Å². The summed E-state index contributed by atoms with van der Waals surface area (Å²) in [4.78, 5) is 35.9. The van der Waals surface area contributed by atoms with Crippen LogP contribution in [0.3, 0.4) is 0 Å². The molecular weight excluding hydrogens is 457 g/mol. The summed E-state index contributed by atoms with van der Waals surface area (Å²) in [6.45, 7) is 0. The molecule has 0 saturated carbocycles. The smallest absolute Gasteiger partial charge is 0.328 e. The van der Waals surface area contributed by atoms with Crippen molar-refractivity contribution in [3.05, 3.63) is 98.0 Å². The van der Waals surface area contributed by atoms with Gasteiger partial charge in [-0.1, -0.05) is 65.7 Å². The predicted molar refractivity (Wildman–Crippen MR) is 121 cm³/mol. The molecule has 0 radical (unpaired) electrons. The van der Waals surface area contributed by atoms with Gasteiger partial charge in [0.1, 0.15) is 11.1 Å². The van der Waals surface area contributed by atoms with Crippen molar-refractivity contribution in [1.82, 2.24) is 0 Å². The van der Waals surface area contributed by atoms with Gasteiger partial charge in [0.25, 0.3) is 11.6 Å². The second-order valence-corrected chi connectivity index (χ2v) is 7.52. The second kappa shape index (κ2) is 10.2. The highest BCUT2D eigenvalue weighted by Crippen LogP contribution is 2.34. The molecule has 0 aliphatic heterocycles. The lowest BCUT2D eigenvalue weighted by Crippen LogP contribution is -2.36. The first-order valence-electron chi connectivity index (χ1n) is 9.31. The number of halogens is 2. The molecule has 3 aromatic carbocycles. The van der Waals surface area contributed by atoms with E-state index in [-0.39, 0.29) is 27.8 Å². The van der Waals surface area contributed by atoms with Crippen LogP contribution in [-0.4, -0.2) is 22.8 Å². The summed E-state index contributed by atoms with van der Waals surface area (Å²) in [5.74, 6) is -1.94. The van der Waals surface area contributed by atoms with Crippen LogP contribution in [0, 0.1) is 10.1 Å². The van der Waals surface area contributed by atoms with Gasteiger partial charge in [0.2, 0.25) is 0 Å². The molecule has 1 atom stereocenters. The Morgan fingerprint density at radius 1 is 1.03 bits per heavy atom. The summed E-state index contributed by atoms with van der Waals surface area (Å²) in [6.07, 6.45) is 0.177. The number of carbonyl (C=O) groups excluding carboxylic acids is 2. The SMILES string of the molecule is NC(Cc1ccccc1)C(=O)Oc1cc([N+](=O)[O-])c(Cl)cc1C(=O)Nc1ccccc1Cl. The predicted octanol–water partition coefficient (Wildman–Crippen LogP) is 4.63. The Hall–Kier alpha value is -3.46. The fraction of sp³-hybridized carbons (Fsp3) is 0.0909. The number of nitrogens with two attached hydrogens (primary N) is 1. The van der Waals surface area contributed by atoms with Crippen LogP contribution in [0.25, 0.3) is 0 Å². The number of rotatable bonds is 7. The van der Waals surface area contributed by atoms with Gasteiger partial charge in [-0.2, -0.15) is 0 Å². The van der Waals surface area contributed by atoms with E-state index in [4.69, 9.17) is 33.7 Å². The molecule has 0 spiro atoms. The van der Waals surface area contributed by atoms with E-state index in [1.54, 1.807) is 48.5 Å². The molecule has 0 bridgehead atoms. The standard InChI is InChI=1S/C22H17Cl2N3O5/c23-15-8-4-5-9-18(15)26-21(28)14-11-16(24)19(27(30)31)12-20(14)32-22(29)17(25)10-13-6-2-1-3-7-13/h1-9,11-12,17H,10,25H2,(H,26,28). The monoisotopic (exact) mass is 473 g/mol. The average Bonchev–Trinajstić information content (AvgIpc) is 2.76. The lowest BCUT2D eigenvalue weighted by atomic mass is 10.1. The molecule has 3 aromatic rings. The van der Waals surface area contributed by atoms with Crippen molar-refractivity contribution in [2.75, 3.05) is 5.32 Å². The Morgan fingerprint density at radius 2 is 1.69 bits per heavy atom. The highest BCUT2D eigenvalue weighted by molar-refractivity contribution is 6.34. The summed E-state index contributed by atoms with van der Waals surface area (Å²) >= 11 is 12.0. The van der Waals surface area contributed by atoms with Crippen molar-refractivity contribution in [2.45, 2.75) is 12.5 Å². The molecule has 3 N–H and O–H groups in total. The van der Waals surface area contributed by atoms with Crippen LogP contribution in [-0.2, 0) is 11.2 Å². The van der Waals surface area contributed by atoms with Crippen molar-refractivity contribution >= 4 is 46.5 Å². The van der Waals surface area contributed by atoms with Crippen molar-refractivity contribution in [2.24, 2.45) is 5.73 Å². The minimum atomic E-state index is -1.06. The van der Waals surface area contributed by atoms with Gasteiger partial charge in [0.15, 0.2) is 5.75 Å². The number of hydrogen-bond acceptors (Lipinski definition) is 6. The fourth-order valence-electron chi connectivity index (χ4n) is 2.83. The van der Waals surface area contributed by atoms with Gasteiger partial charge < -0.3 is 15.8 Å². The molecule has 1 amide bonds. The molecule has 0 heterocycles. The van der Waals surface area contributed by atoms with Crippen molar-refractivity contribution in [3.8, 4) is 5.75 Å². The van der Waals surface area contributed by atoms with Crippen LogP contribution in [0.1, 0.15) is 15.9 Å². The van der Waals surface area contributed by atoms with Gasteiger partial charge in [-0.05, 0) is 30.2 Å². The fourth-order valence-corrected chi connectivity index (χ4v) is 3.25. The quantitative estimate of drug-likeness (QED) is 0.223. The molecule has 0 fully saturated rings. The summed E-state index contributed by atoms with van der Waals surface area (Å²) in [5, 5.41) is 13.8. The number of hydrogen-bond donors (Lipinski definition) is 2. The summed E-state index contributed by atoms with van der Waals surface area (Å²) < 4.78 is 5.29. The van der Waals surface area contributed by atoms with Crippen LogP contribution in [0.15, 0.2) is 66.7 Å². The Kier molecular flexibility index (Phi) is 7.42. The lowest BCUT2D eigenvalue weighted by molar-refractivity contribution is -0.384. The zero-order valence-electron chi connectivity index (χ0n) is 16.5. The van der Waals surface area contributed by atoms with E-state index in [1.807, 2.05) is 6.07 Å². The number of nitrogens with one attached hydrogen (secondary N) is 1. The molecule has 0 aliphatic rings. The zero-order valence-corrected chi connectivity index (χ0v) is 18.0. The number of nitro groups is 1. The van der Waals surface area contributed by atoms with Crippen LogP contribution < -0.4 is 15.8 Å². The minimum absolute atomic E-state index is 0.177. The number of nitrogens with zero attached hydrogens (tertiary/aromatic N) is 1. The third-order valence-electron chi connectivity index (χ3n) is 4.42. The molecule has 0 aromatic heterocycles. The maximum Gasteiger partial charge on any atom is 0.328 e. The number of anilines is 1. The van der Waals surface area contributed by atoms with Gasteiger partial charge in [0, 0.05) is 0 Å². The maximum atomic E-state index is 12.8. The number of carbonyl (C=O) groups is 2. The van der Waals surface area contributed by atoms with Crippen molar-refractivity contribution in [1.29, 1.82) is 0 Å². The zero-order chi connectivity index (χ0) is 23.3. The van der Waals surface area contributed by atoms with E-state index < -0.39 is 28.5 Å². The normalized spacial score (nSPS) is 11.5. The number of amides is 1. The van der Waals surface area contributed by atoms with Crippen molar-refractivity contribution < 1.29 is 19.2 Å². The Labute approximate surface area is 193 Å². The van der Waals surface area contributed by atoms with E-state index in [9.17, 15) is 19.7 Å². The lowest BCUT2D eigenvalue weighted by Gasteiger charge is -2.15. The van der Waals surface area contributed by atoms with Gasteiger partial charge >= 0.3 is 5.97 Å². The first-order chi connectivity index (χ1) is 15.3. The largest absolute Gasteiger partial charge is 0.424 e. The summed E-state index contributed by atoms with van der Waals surface area (Å²) in [6, 6.07) is 16.4. The van der Waals surface area contributed by atoms with Gasteiger partial charge in [-0.15, -0.1) is 0 Å². The van der Waals surface area contributed by atoms with Crippen LogP contribution in [0.5, 0.6) is 5.75 Å².